The SMILES string of the molecule is CCN(C)/C=N\c1cc(Cl)c(C(=O)CN(C)c2c(C)cccc2F)cc1C. The van der Waals surface area contributed by atoms with Gasteiger partial charge in [0.15, 0.2) is 5.78 Å². The molecule has 6 heteroatoms. The fourth-order valence-electron chi connectivity index (χ4n) is 2.75. The van der Waals surface area contributed by atoms with E-state index in [1.807, 2.05) is 38.8 Å². The van der Waals surface area contributed by atoms with Crippen molar-refractivity contribution >= 4 is 35.1 Å². The van der Waals surface area contributed by atoms with Gasteiger partial charge in [-0.25, -0.2) is 9.38 Å². The smallest absolute Gasteiger partial charge is 0.183 e. The summed E-state index contributed by atoms with van der Waals surface area (Å²) in [6, 6.07) is 8.29. The number of likely N-dealkylation sites (N-methyl/N-ethyl adjacent to an activating group) is 1. The molecule has 0 saturated heterocycles. The van der Waals surface area contributed by atoms with E-state index in [0.717, 1.165) is 23.4 Å². The quantitative estimate of drug-likeness (QED) is 0.378. The van der Waals surface area contributed by atoms with Gasteiger partial charge < -0.3 is 9.80 Å². The minimum Gasteiger partial charge on any atom is -0.366 e. The summed E-state index contributed by atoms with van der Waals surface area (Å²) in [5.41, 5.74) is 3.18. The molecule has 0 amide bonds. The Balaban J connectivity index is 2.24. The van der Waals surface area contributed by atoms with E-state index in [-0.39, 0.29) is 18.1 Å². The third-order valence-electron chi connectivity index (χ3n) is 4.43. The second kappa shape index (κ2) is 9.00. The van der Waals surface area contributed by atoms with Crippen LogP contribution in [0.2, 0.25) is 5.02 Å². The second-order valence-electron chi connectivity index (χ2n) is 6.62. The number of anilines is 1. The maximum absolute atomic E-state index is 14.1. The topological polar surface area (TPSA) is 35.9 Å². The van der Waals surface area contributed by atoms with Crippen molar-refractivity contribution in [3.05, 3.63) is 57.9 Å². The molecule has 0 aliphatic heterocycles. The molecule has 2 aromatic carbocycles. The molecule has 144 valence electrons. The van der Waals surface area contributed by atoms with Crippen LogP contribution in [0.25, 0.3) is 0 Å². The molecular weight excluding hydrogens is 365 g/mol. The van der Waals surface area contributed by atoms with Gasteiger partial charge in [-0.1, -0.05) is 23.7 Å². The summed E-state index contributed by atoms with van der Waals surface area (Å²) in [6.45, 7) is 6.60. The highest BCUT2D eigenvalue weighted by molar-refractivity contribution is 6.34. The Hall–Kier alpha value is -2.40. The van der Waals surface area contributed by atoms with Crippen molar-refractivity contribution in [3.63, 3.8) is 0 Å². The molecule has 2 aromatic rings. The van der Waals surface area contributed by atoms with Gasteiger partial charge >= 0.3 is 0 Å². The van der Waals surface area contributed by atoms with Crippen LogP contribution in [0.15, 0.2) is 35.3 Å². The third-order valence-corrected chi connectivity index (χ3v) is 4.74. The zero-order valence-corrected chi connectivity index (χ0v) is 17.1. The van der Waals surface area contributed by atoms with Crippen LogP contribution in [0.4, 0.5) is 15.8 Å². The molecule has 0 saturated carbocycles. The Morgan fingerprint density at radius 3 is 2.56 bits per heavy atom. The van der Waals surface area contributed by atoms with Crippen molar-refractivity contribution in [1.29, 1.82) is 0 Å². The van der Waals surface area contributed by atoms with Crippen molar-refractivity contribution in [1.82, 2.24) is 4.90 Å². The van der Waals surface area contributed by atoms with Crippen LogP contribution in [0.5, 0.6) is 0 Å². The summed E-state index contributed by atoms with van der Waals surface area (Å²) < 4.78 is 14.1. The highest BCUT2D eigenvalue weighted by Crippen LogP contribution is 2.28. The van der Waals surface area contributed by atoms with Crippen LogP contribution < -0.4 is 4.90 Å². The highest BCUT2D eigenvalue weighted by Gasteiger charge is 2.18. The van der Waals surface area contributed by atoms with Gasteiger partial charge in [-0.15, -0.1) is 0 Å². The predicted molar refractivity (Wildman–Crippen MR) is 111 cm³/mol. The van der Waals surface area contributed by atoms with E-state index in [2.05, 4.69) is 4.99 Å². The molecule has 0 radical (unpaired) electrons. The molecule has 0 aliphatic carbocycles. The van der Waals surface area contributed by atoms with Crippen molar-refractivity contribution in [2.75, 3.05) is 32.1 Å². The van der Waals surface area contributed by atoms with Gasteiger partial charge in [0.05, 0.1) is 29.3 Å². The number of carbonyl (C=O) groups excluding carboxylic acids is 1. The number of nitrogens with zero attached hydrogens (tertiary/aromatic N) is 3. The molecule has 0 spiro atoms. The number of rotatable bonds is 7. The van der Waals surface area contributed by atoms with Gasteiger partial charge in [-0.3, -0.25) is 4.79 Å². The monoisotopic (exact) mass is 389 g/mol. The molecule has 0 fully saturated rings. The van der Waals surface area contributed by atoms with Crippen LogP contribution in [0, 0.1) is 19.7 Å². The van der Waals surface area contributed by atoms with Gasteiger partial charge in [0, 0.05) is 26.2 Å². The van der Waals surface area contributed by atoms with E-state index in [0.29, 0.717) is 16.3 Å². The Morgan fingerprint density at radius 2 is 1.93 bits per heavy atom. The lowest BCUT2D eigenvalue weighted by molar-refractivity contribution is 0.100. The number of hydrogen-bond donors (Lipinski definition) is 0. The van der Waals surface area contributed by atoms with Crippen LogP contribution in [-0.4, -0.2) is 44.2 Å². The van der Waals surface area contributed by atoms with Crippen molar-refractivity contribution < 1.29 is 9.18 Å². The summed E-state index contributed by atoms with van der Waals surface area (Å²) >= 11 is 6.34. The van der Waals surface area contributed by atoms with E-state index in [9.17, 15) is 9.18 Å². The Kier molecular flexibility index (Phi) is 6.97. The van der Waals surface area contributed by atoms with Gasteiger partial charge in [-0.05, 0) is 50.1 Å². The van der Waals surface area contributed by atoms with Crippen molar-refractivity contribution in [2.45, 2.75) is 20.8 Å². The third kappa shape index (κ3) is 5.07. The first-order valence-corrected chi connectivity index (χ1v) is 9.16. The minimum absolute atomic E-state index is 0.0299. The lowest BCUT2D eigenvalue weighted by Gasteiger charge is -2.21. The van der Waals surface area contributed by atoms with Crippen LogP contribution >= 0.6 is 11.6 Å². The molecule has 0 N–H and O–H groups in total. The Morgan fingerprint density at radius 1 is 1.22 bits per heavy atom. The zero-order valence-electron chi connectivity index (χ0n) is 16.4. The average Bonchev–Trinajstić information content (AvgIpc) is 2.61. The van der Waals surface area contributed by atoms with Gasteiger partial charge in [0.25, 0.3) is 0 Å². The molecule has 4 nitrogen and oxygen atoms in total. The fraction of sp³-hybridized carbons (Fsp3) is 0.333. The maximum atomic E-state index is 14.1. The van der Waals surface area contributed by atoms with E-state index in [4.69, 9.17) is 11.6 Å². The molecular formula is C21H25ClFN3O. The minimum atomic E-state index is -0.350. The number of halogens is 2. The molecule has 27 heavy (non-hydrogen) atoms. The van der Waals surface area contributed by atoms with E-state index < -0.39 is 0 Å². The summed E-state index contributed by atoms with van der Waals surface area (Å²) in [5.74, 6) is -0.522. The molecule has 0 bridgehead atoms. The van der Waals surface area contributed by atoms with Gasteiger partial charge in [0.1, 0.15) is 5.82 Å². The first-order chi connectivity index (χ1) is 12.7. The predicted octanol–water partition coefficient (Wildman–Crippen LogP) is 5.03. The van der Waals surface area contributed by atoms with Crippen LogP contribution in [-0.2, 0) is 0 Å². The summed E-state index contributed by atoms with van der Waals surface area (Å²) in [5, 5.41) is 0.343. The van der Waals surface area contributed by atoms with Gasteiger partial charge in [-0.2, -0.15) is 0 Å². The van der Waals surface area contributed by atoms with Crippen molar-refractivity contribution in [3.8, 4) is 0 Å². The number of Topliss-reactive ketones (excluding diaryl/α,β-unsaturated/α-hetero) is 1. The number of benzene rings is 2. The van der Waals surface area contributed by atoms with Crippen LogP contribution in [0.1, 0.15) is 28.4 Å². The van der Waals surface area contributed by atoms with E-state index in [1.54, 1.807) is 36.5 Å². The molecule has 2 rings (SSSR count). The lowest BCUT2D eigenvalue weighted by Crippen LogP contribution is -2.27. The Bertz CT molecular complexity index is 846. The van der Waals surface area contributed by atoms with Crippen LogP contribution in [0.3, 0.4) is 0 Å². The number of hydrogen-bond acceptors (Lipinski definition) is 3. The number of para-hydroxylation sites is 1. The first-order valence-electron chi connectivity index (χ1n) is 8.78. The Labute approximate surface area is 165 Å². The molecule has 0 heterocycles. The zero-order chi connectivity index (χ0) is 20.1. The first kappa shape index (κ1) is 20.9. The van der Waals surface area contributed by atoms with Gasteiger partial charge in [0.2, 0.25) is 0 Å². The lowest BCUT2D eigenvalue weighted by atomic mass is 10.1. The number of aryl methyl sites for hydroxylation is 2. The summed E-state index contributed by atoms with van der Waals surface area (Å²) in [6.07, 6.45) is 1.73. The molecule has 0 aromatic heterocycles. The highest BCUT2D eigenvalue weighted by atomic mass is 35.5. The number of aliphatic imine (C=N–C) groups is 1. The van der Waals surface area contributed by atoms with Crippen molar-refractivity contribution in [2.24, 2.45) is 4.99 Å². The molecule has 0 unspecified atom stereocenters. The maximum Gasteiger partial charge on any atom is 0.183 e. The second-order valence-corrected chi connectivity index (χ2v) is 7.03. The standard InChI is InChI=1S/C21H25ClFN3O/c1-6-25(4)13-24-19-11-17(22)16(10-15(19)3)20(27)12-26(5)21-14(2)8-7-9-18(21)23/h7-11,13H,6,12H2,1-5H3/b24-13-. The number of carbonyl (C=O) groups is 1. The molecule has 0 atom stereocenters. The van der Waals surface area contributed by atoms with E-state index in [1.165, 1.54) is 6.07 Å². The molecule has 0 aliphatic rings. The normalized spacial score (nSPS) is 11.1. The van der Waals surface area contributed by atoms with E-state index >= 15 is 0 Å². The number of ketones is 1. The fourth-order valence-corrected chi connectivity index (χ4v) is 3.02. The average molecular weight is 390 g/mol. The summed E-state index contributed by atoms with van der Waals surface area (Å²) in [4.78, 5) is 20.7. The largest absolute Gasteiger partial charge is 0.366 e. The summed E-state index contributed by atoms with van der Waals surface area (Å²) in [7, 11) is 3.63.